The maximum absolute atomic E-state index is 16.6. The Labute approximate surface area is 282 Å². The summed E-state index contributed by atoms with van der Waals surface area (Å²) in [7, 11) is 3.25. The SMILES string of the molecule is CN1CCC(F)C1.COc1nc2c3c(nc(-c4c(C(F)(F)F)c(C)cc5[nH]ncc45)c(F)c3n1)OC[C@H](C)N2C(C)c1cc(Cl)cnc1N. The summed E-state index contributed by atoms with van der Waals surface area (Å²) in [5.41, 5.74) is 4.46. The number of aryl methyl sites for hydroxylation is 1. The minimum absolute atomic E-state index is 0.0190. The summed E-state index contributed by atoms with van der Waals surface area (Å²) in [6.45, 7) is 6.55. The molecule has 0 saturated carbocycles. The average Bonchev–Trinajstić information content (AvgIpc) is 3.64. The molecule has 1 fully saturated rings. The van der Waals surface area contributed by atoms with Crippen molar-refractivity contribution < 1.29 is 31.4 Å². The van der Waals surface area contributed by atoms with Crippen LogP contribution in [-0.2, 0) is 6.18 Å². The van der Waals surface area contributed by atoms with Gasteiger partial charge in [0.2, 0.25) is 5.88 Å². The number of hydrogen-bond acceptors (Lipinski definition) is 10. The molecular weight excluding hydrogens is 673 g/mol. The van der Waals surface area contributed by atoms with Crippen LogP contribution in [0.25, 0.3) is 33.1 Å². The van der Waals surface area contributed by atoms with Gasteiger partial charge in [-0.05, 0) is 51.9 Å². The summed E-state index contributed by atoms with van der Waals surface area (Å²) < 4.78 is 83.4. The number of benzene rings is 1. The van der Waals surface area contributed by atoms with E-state index in [9.17, 15) is 17.6 Å². The molecule has 7 rings (SSSR count). The molecule has 260 valence electrons. The fourth-order valence-electron chi connectivity index (χ4n) is 6.37. The number of ether oxygens (including phenoxy) is 2. The summed E-state index contributed by atoms with van der Waals surface area (Å²) in [6, 6.07) is 1.84. The predicted octanol–water partition coefficient (Wildman–Crippen LogP) is 6.68. The second kappa shape index (κ2) is 13.0. The van der Waals surface area contributed by atoms with E-state index < -0.39 is 47.1 Å². The molecule has 2 unspecified atom stereocenters. The molecule has 0 amide bonds. The highest BCUT2D eigenvalue weighted by Gasteiger charge is 2.40. The molecule has 5 aromatic rings. The molecule has 17 heteroatoms. The molecule has 0 radical (unpaired) electrons. The normalized spacial score (nSPS) is 18.6. The number of nitrogen functional groups attached to an aromatic ring is 1. The fourth-order valence-corrected chi connectivity index (χ4v) is 6.54. The lowest BCUT2D eigenvalue weighted by Crippen LogP contribution is -2.39. The summed E-state index contributed by atoms with van der Waals surface area (Å²) in [5.74, 6) is -0.826. The van der Waals surface area contributed by atoms with Crippen LogP contribution in [0, 0.1) is 12.7 Å². The van der Waals surface area contributed by atoms with Gasteiger partial charge in [0.25, 0.3) is 0 Å². The molecule has 0 bridgehead atoms. The molecule has 1 aromatic carbocycles. The molecule has 49 heavy (non-hydrogen) atoms. The minimum atomic E-state index is -4.83. The fraction of sp³-hybridized carbons (Fsp3) is 0.406. The van der Waals surface area contributed by atoms with E-state index in [1.807, 2.05) is 30.7 Å². The highest BCUT2D eigenvalue weighted by atomic mass is 35.5. The lowest BCUT2D eigenvalue weighted by atomic mass is 9.94. The number of alkyl halides is 4. The molecule has 0 aliphatic carbocycles. The zero-order valence-electron chi connectivity index (χ0n) is 27.2. The van der Waals surface area contributed by atoms with Crippen molar-refractivity contribution in [2.24, 2.45) is 0 Å². The minimum Gasteiger partial charge on any atom is -0.475 e. The van der Waals surface area contributed by atoms with Crippen molar-refractivity contribution in [2.75, 3.05) is 44.5 Å². The van der Waals surface area contributed by atoms with Gasteiger partial charge in [-0.25, -0.2) is 18.7 Å². The molecule has 0 spiro atoms. The number of aromatic nitrogens is 6. The summed E-state index contributed by atoms with van der Waals surface area (Å²) >= 11 is 6.21. The van der Waals surface area contributed by atoms with E-state index in [1.165, 1.54) is 32.5 Å². The van der Waals surface area contributed by atoms with E-state index in [4.69, 9.17) is 26.8 Å². The lowest BCUT2D eigenvalue weighted by molar-refractivity contribution is -0.137. The monoisotopic (exact) mass is 705 g/mol. The first kappa shape index (κ1) is 34.3. The highest BCUT2D eigenvalue weighted by molar-refractivity contribution is 6.30. The Bertz CT molecular complexity index is 2040. The number of likely N-dealkylation sites (tertiary alicyclic amines) is 1. The molecule has 1 saturated heterocycles. The Hall–Kier alpha value is -4.57. The summed E-state index contributed by atoms with van der Waals surface area (Å²) in [5, 5.41) is 7.00. The van der Waals surface area contributed by atoms with Crippen LogP contribution < -0.4 is 20.1 Å². The Balaban J connectivity index is 0.000000531. The van der Waals surface area contributed by atoms with Crippen LogP contribution >= 0.6 is 11.6 Å². The van der Waals surface area contributed by atoms with Crippen molar-refractivity contribution in [3.63, 3.8) is 0 Å². The second-order valence-corrected chi connectivity index (χ2v) is 12.6. The van der Waals surface area contributed by atoms with E-state index >= 15 is 4.39 Å². The van der Waals surface area contributed by atoms with Crippen molar-refractivity contribution in [3.05, 3.63) is 52.1 Å². The van der Waals surface area contributed by atoms with Crippen molar-refractivity contribution in [2.45, 2.75) is 51.6 Å². The van der Waals surface area contributed by atoms with Crippen molar-refractivity contribution in [1.82, 2.24) is 35.0 Å². The Morgan fingerprint density at radius 3 is 2.57 bits per heavy atom. The predicted molar refractivity (Wildman–Crippen MR) is 175 cm³/mol. The van der Waals surface area contributed by atoms with E-state index in [0.29, 0.717) is 17.1 Å². The van der Waals surface area contributed by atoms with Crippen molar-refractivity contribution in [3.8, 4) is 23.1 Å². The molecule has 6 heterocycles. The Kier molecular flexibility index (Phi) is 9.13. The standard InChI is InChI=1S/C27H23ClF4N8O2.C5H10FN/c1-10-5-16-15(8-35-39-16)17(19(10)27(30,31)32)21-20(29)22-18-24(38-26(37-22)41-4)40(11(2)9-42-25(18)36-21)12(3)14-6-13(28)7-34-23(14)33;1-7-3-2-5(6)4-7/h5-8,11-12H,9H2,1-4H3,(H2,33,34)(H,35,39);5H,2-4H2,1H3/t11-,12?;/m0./s1. The molecule has 2 aliphatic heterocycles. The molecule has 11 nitrogen and oxygen atoms in total. The molecule has 2 aliphatic rings. The van der Waals surface area contributed by atoms with Gasteiger partial charge in [0.05, 0.1) is 41.5 Å². The summed E-state index contributed by atoms with van der Waals surface area (Å²) in [6.07, 6.45) is -2.03. The van der Waals surface area contributed by atoms with Gasteiger partial charge in [0.1, 0.15) is 41.0 Å². The zero-order chi connectivity index (χ0) is 35.4. The first-order chi connectivity index (χ1) is 23.2. The Morgan fingerprint density at radius 1 is 1.18 bits per heavy atom. The van der Waals surface area contributed by atoms with Gasteiger partial charge < -0.3 is 25.0 Å². The van der Waals surface area contributed by atoms with Gasteiger partial charge in [-0.3, -0.25) is 5.10 Å². The number of methoxy groups -OCH3 is 1. The van der Waals surface area contributed by atoms with Gasteiger partial charge in [0.15, 0.2) is 5.82 Å². The van der Waals surface area contributed by atoms with Crippen LogP contribution in [0.3, 0.4) is 0 Å². The smallest absolute Gasteiger partial charge is 0.417 e. The number of nitrogens with zero attached hydrogens (tertiary/aromatic N) is 7. The van der Waals surface area contributed by atoms with E-state index in [-0.39, 0.29) is 57.5 Å². The number of aromatic amines is 1. The van der Waals surface area contributed by atoms with Gasteiger partial charge >= 0.3 is 12.2 Å². The first-order valence-electron chi connectivity index (χ1n) is 15.3. The van der Waals surface area contributed by atoms with Crippen LogP contribution in [0.15, 0.2) is 24.5 Å². The van der Waals surface area contributed by atoms with Gasteiger partial charge in [-0.2, -0.15) is 28.2 Å². The van der Waals surface area contributed by atoms with E-state index in [0.717, 1.165) is 13.0 Å². The maximum Gasteiger partial charge on any atom is 0.417 e. The van der Waals surface area contributed by atoms with Gasteiger partial charge in [-0.1, -0.05) is 11.6 Å². The number of halogens is 6. The molecule has 3 atom stereocenters. The third-order valence-electron chi connectivity index (χ3n) is 8.66. The van der Waals surface area contributed by atoms with Gasteiger partial charge in [-0.15, -0.1) is 0 Å². The number of hydrogen-bond donors (Lipinski definition) is 2. The van der Waals surface area contributed by atoms with Crippen LogP contribution in [-0.4, -0.2) is 81.1 Å². The number of rotatable bonds is 4. The number of H-pyrrole nitrogens is 1. The first-order valence-corrected chi connectivity index (χ1v) is 15.7. The van der Waals surface area contributed by atoms with Crippen molar-refractivity contribution >= 4 is 45.0 Å². The largest absolute Gasteiger partial charge is 0.475 e. The number of anilines is 2. The molecule has 4 aromatic heterocycles. The number of nitrogens with one attached hydrogen (secondary N) is 1. The average molecular weight is 706 g/mol. The number of nitrogens with two attached hydrogens (primary N) is 1. The number of pyridine rings is 2. The van der Waals surface area contributed by atoms with Crippen LogP contribution in [0.5, 0.6) is 11.9 Å². The van der Waals surface area contributed by atoms with E-state index in [2.05, 4.69) is 30.1 Å². The maximum atomic E-state index is 16.6. The van der Waals surface area contributed by atoms with E-state index in [1.54, 1.807) is 6.07 Å². The van der Waals surface area contributed by atoms with Crippen LogP contribution in [0.1, 0.15) is 43.0 Å². The molecule has 3 N–H and O–H groups in total. The van der Waals surface area contributed by atoms with Crippen LogP contribution in [0.4, 0.5) is 33.6 Å². The van der Waals surface area contributed by atoms with Gasteiger partial charge in [0, 0.05) is 35.8 Å². The number of fused-ring (bicyclic) bond motifs is 1. The third-order valence-corrected chi connectivity index (χ3v) is 8.86. The Morgan fingerprint density at radius 2 is 1.94 bits per heavy atom. The third kappa shape index (κ3) is 6.34. The van der Waals surface area contributed by atoms with Crippen LogP contribution in [0.2, 0.25) is 5.02 Å². The zero-order valence-corrected chi connectivity index (χ0v) is 27.9. The highest BCUT2D eigenvalue weighted by Crippen LogP contribution is 2.47. The lowest BCUT2D eigenvalue weighted by Gasteiger charge is -2.35. The summed E-state index contributed by atoms with van der Waals surface area (Å²) in [4.78, 5) is 21.0. The topological polar surface area (TPSA) is 131 Å². The molecular formula is C32H33ClF5N9O2. The second-order valence-electron chi connectivity index (χ2n) is 12.1. The quantitative estimate of drug-likeness (QED) is 0.195. The van der Waals surface area contributed by atoms with Crippen molar-refractivity contribution in [1.29, 1.82) is 0 Å².